The first-order valence-corrected chi connectivity index (χ1v) is 9.11. The second kappa shape index (κ2) is 13.8. The molecule has 0 fully saturated rings. The Labute approximate surface area is 167 Å². The van der Waals surface area contributed by atoms with Crippen LogP contribution in [0.4, 0.5) is 4.79 Å². The Balaban J connectivity index is 4.68. The zero-order chi connectivity index (χ0) is 20.1. The predicted molar refractivity (Wildman–Crippen MR) is 102 cm³/mol. The number of alkyl carbamates (subject to hydrolysis) is 1. The first-order valence-electron chi connectivity index (χ1n) is 8.03. The number of carbonyl (C=O) groups excluding carboxylic acids is 3. The lowest BCUT2D eigenvalue weighted by atomic mass is 10.1. The number of esters is 2. The van der Waals surface area contributed by atoms with Gasteiger partial charge in [0.05, 0.1) is 12.8 Å². The second-order valence-electron chi connectivity index (χ2n) is 5.58. The summed E-state index contributed by atoms with van der Waals surface area (Å²) in [7, 11) is 0. The molecule has 9 nitrogen and oxygen atoms in total. The summed E-state index contributed by atoms with van der Waals surface area (Å²) in [5, 5.41) is 2.66. The number of hydrogen-bond acceptors (Lipinski definition) is 8. The quantitative estimate of drug-likeness (QED) is 0.107. The molecule has 10 heteroatoms. The maximum absolute atomic E-state index is 11.6. The molecule has 0 aliphatic rings. The molecule has 0 aliphatic heterocycles. The molecule has 0 aromatic heterocycles. The molecule has 0 radical (unpaired) electrons. The molecule has 4 atom stereocenters. The van der Waals surface area contributed by atoms with Gasteiger partial charge in [0.1, 0.15) is 25.4 Å². The van der Waals surface area contributed by atoms with Gasteiger partial charge in [-0.15, -0.1) is 0 Å². The number of hydrogen-bond donors (Lipinski definition) is 2. The number of halogens is 1. The average molecular weight is 486 g/mol. The summed E-state index contributed by atoms with van der Waals surface area (Å²) in [6.45, 7) is 9.81. The fourth-order valence-corrected chi connectivity index (χ4v) is 2.58. The van der Waals surface area contributed by atoms with Crippen LogP contribution in [0.3, 0.4) is 0 Å². The molecule has 0 spiro atoms. The van der Waals surface area contributed by atoms with Crippen molar-refractivity contribution in [2.75, 3.05) is 19.8 Å². The second-order valence-corrected chi connectivity index (χ2v) is 6.21. The van der Waals surface area contributed by atoms with Gasteiger partial charge in [-0.3, -0.25) is 9.59 Å². The van der Waals surface area contributed by atoms with E-state index in [0.29, 0.717) is 0 Å². The van der Waals surface area contributed by atoms with Gasteiger partial charge in [-0.1, -0.05) is 19.6 Å². The predicted octanol–water partition coefficient (Wildman–Crippen LogP) is 1.70. The fraction of sp³-hybridized carbons (Fsp3) is 0.688. The number of nitrogens with one attached hydrogen (secondary N) is 2. The van der Waals surface area contributed by atoms with E-state index in [-0.39, 0.29) is 25.7 Å². The van der Waals surface area contributed by atoms with Crippen LogP contribution in [0.2, 0.25) is 0 Å². The third-order valence-electron chi connectivity index (χ3n) is 3.19. The minimum Gasteiger partial charge on any atom is -0.463 e. The highest BCUT2D eigenvalue weighted by atomic mass is 127. The van der Waals surface area contributed by atoms with E-state index in [1.807, 2.05) is 29.8 Å². The Morgan fingerprint density at radius 1 is 1.12 bits per heavy atom. The topological polar surface area (TPSA) is 112 Å². The lowest BCUT2D eigenvalue weighted by Crippen LogP contribution is -2.48. The molecule has 26 heavy (non-hydrogen) atoms. The lowest BCUT2D eigenvalue weighted by molar-refractivity contribution is -0.162. The van der Waals surface area contributed by atoms with Gasteiger partial charge < -0.3 is 24.3 Å². The van der Waals surface area contributed by atoms with Crippen molar-refractivity contribution in [3.63, 3.8) is 0 Å². The maximum Gasteiger partial charge on any atom is 0.408 e. The van der Waals surface area contributed by atoms with Crippen molar-refractivity contribution in [3.05, 3.63) is 12.7 Å². The molecule has 0 bridgehead atoms. The molecular formula is C16H27IN2O7. The molecule has 0 aliphatic carbocycles. The smallest absolute Gasteiger partial charge is 0.408 e. The zero-order valence-corrected chi connectivity index (χ0v) is 17.6. The standard InChI is InChI=1S/C16H27IN2O7/c1-6-7-23-16(22)18-15(19-17)10(2)8-25-14(9-24-12(4)20)11(3)26-13(5)21/h6,10-11,14-15,19H,1,7-9H2,2-5H3,(H,18,22)/t10?,11-,14?,15?/m1/s1. The van der Waals surface area contributed by atoms with Crippen molar-refractivity contribution in [3.8, 4) is 0 Å². The number of amides is 1. The number of rotatable bonds is 12. The summed E-state index contributed by atoms with van der Waals surface area (Å²) in [5.41, 5.74) is 0. The van der Waals surface area contributed by atoms with Gasteiger partial charge in [-0.25, -0.2) is 8.32 Å². The fourth-order valence-electron chi connectivity index (χ4n) is 1.81. The van der Waals surface area contributed by atoms with Crippen LogP contribution in [0.25, 0.3) is 0 Å². The molecule has 150 valence electrons. The molecule has 2 N–H and O–H groups in total. The first kappa shape index (κ1) is 24.6. The Bertz CT molecular complexity index is 476. The van der Waals surface area contributed by atoms with E-state index in [1.165, 1.54) is 19.9 Å². The van der Waals surface area contributed by atoms with Crippen molar-refractivity contribution in [1.29, 1.82) is 0 Å². The Hall–Kier alpha value is -1.40. The van der Waals surface area contributed by atoms with Crippen LogP contribution < -0.4 is 8.85 Å². The number of carbonyl (C=O) groups is 3. The van der Waals surface area contributed by atoms with Gasteiger partial charge in [-0.2, -0.15) is 0 Å². The highest BCUT2D eigenvalue weighted by molar-refractivity contribution is 14.1. The summed E-state index contributed by atoms with van der Waals surface area (Å²) in [4.78, 5) is 33.8. The van der Waals surface area contributed by atoms with Crippen LogP contribution in [0.5, 0.6) is 0 Å². The van der Waals surface area contributed by atoms with Crippen molar-refractivity contribution >= 4 is 40.9 Å². The SMILES string of the molecule is C=CCOC(=O)NC(NI)C(C)COC(COC(C)=O)[C@@H](C)OC(C)=O. The highest BCUT2D eigenvalue weighted by Crippen LogP contribution is 2.11. The van der Waals surface area contributed by atoms with E-state index >= 15 is 0 Å². The molecule has 0 saturated heterocycles. The third kappa shape index (κ3) is 11.3. The Morgan fingerprint density at radius 2 is 1.77 bits per heavy atom. The summed E-state index contributed by atoms with van der Waals surface area (Å²) in [6.07, 6.45) is -0.778. The van der Waals surface area contributed by atoms with Gasteiger partial charge in [0.2, 0.25) is 0 Å². The van der Waals surface area contributed by atoms with Crippen molar-refractivity contribution in [2.45, 2.75) is 46.1 Å². The minimum absolute atomic E-state index is 0.0480. The molecular weight excluding hydrogens is 459 g/mol. The molecule has 3 unspecified atom stereocenters. The van der Waals surface area contributed by atoms with Crippen LogP contribution in [0.15, 0.2) is 12.7 Å². The first-order chi connectivity index (χ1) is 12.2. The molecule has 0 saturated carbocycles. The van der Waals surface area contributed by atoms with E-state index < -0.39 is 36.4 Å². The van der Waals surface area contributed by atoms with E-state index in [9.17, 15) is 14.4 Å². The summed E-state index contributed by atoms with van der Waals surface area (Å²) < 4.78 is 23.6. The van der Waals surface area contributed by atoms with Gasteiger partial charge in [0, 0.05) is 42.6 Å². The largest absolute Gasteiger partial charge is 0.463 e. The van der Waals surface area contributed by atoms with Crippen LogP contribution in [-0.2, 0) is 28.5 Å². The van der Waals surface area contributed by atoms with Gasteiger partial charge >= 0.3 is 18.0 Å². The Kier molecular flexibility index (Phi) is 13.0. The minimum atomic E-state index is -0.632. The summed E-state index contributed by atoms with van der Waals surface area (Å²) in [5.74, 6) is -1.08. The van der Waals surface area contributed by atoms with Crippen LogP contribution in [-0.4, -0.2) is 56.2 Å². The van der Waals surface area contributed by atoms with Crippen LogP contribution in [0, 0.1) is 5.92 Å². The van der Waals surface area contributed by atoms with E-state index in [0.717, 1.165) is 0 Å². The van der Waals surface area contributed by atoms with E-state index in [4.69, 9.17) is 18.9 Å². The normalized spacial score (nSPS) is 15.1. The molecule has 0 aromatic rings. The van der Waals surface area contributed by atoms with Gasteiger partial charge in [0.15, 0.2) is 0 Å². The summed E-state index contributed by atoms with van der Waals surface area (Å²) in [6, 6.07) is 0. The van der Waals surface area contributed by atoms with Crippen LogP contribution >= 0.6 is 22.9 Å². The Morgan fingerprint density at radius 3 is 2.27 bits per heavy atom. The molecule has 1 amide bonds. The number of ether oxygens (including phenoxy) is 4. The summed E-state index contributed by atoms with van der Waals surface area (Å²) >= 11 is 1.91. The van der Waals surface area contributed by atoms with Crippen LogP contribution in [0.1, 0.15) is 27.7 Å². The van der Waals surface area contributed by atoms with Crippen molar-refractivity contribution in [1.82, 2.24) is 8.85 Å². The maximum atomic E-state index is 11.6. The van der Waals surface area contributed by atoms with Crippen molar-refractivity contribution < 1.29 is 33.3 Å². The van der Waals surface area contributed by atoms with Crippen molar-refractivity contribution in [2.24, 2.45) is 5.92 Å². The van der Waals surface area contributed by atoms with E-state index in [2.05, 4.69) is 15.4 Å². The molecule has 0 rings (SSSR count). The average Bonchev–Trinajstić information content (AvgIpc) is 2.56. The molecule has 0 heterocycles. The molecule has 0 aromatic carbocycles. The lowest BCUT2D eigenvalue weighted by Gasteiger charge is -2.28. The third-order valence-corrected chi connectivity index (χ3v) is 3.86. The highest BCUT2D eigenvalue weighted by Gasteiger charge is 2.25. The monoisotopic (exact) mass is 486 g/mol. The van der Waals surface area contributed by atoms with Gasteiger partial charge in [-0.05, 0) is 6.92 Å². The van der Waals surface area contributed by atoms with E-state index in [1.54, 1.807) is 6.92 Å². The van der Waals surface area contributed by atoms with Gasteiger partial charge in [0.25, 0.3) is 0 Å². The zero-order valence-electron chi connectivity index (χ0n) is 15.5.